The van der Waals surface area contributed by atoms with Crippen LogP contribution in [0.25, 0.3) is 0 Å². The van der Waals surface area contributed by atoms with E-state index in [1.807, 2.05) is 32.9 Å². The van der Waals surface area contributed by atoms with Crippen molar-refractivity contribution in [1.29, 1.82) is 0 Å². The van der Waals surface area contributed by atoms with Gasteiger partial charge in [-0.25, -0.2) is 4.79 Å². The number of phenolic OH excluding ortho intramolecular Hbond substituents is 1. The van der Waals surface area contributed by atoms with Gasteiger partial charge in [0.25, 0.3) is 0 Å². The van der Waals surface area contributed by atoms with Crippen LogP contribution in [-0.2, 0) is 16.6 Å². The number of unbranched alkanes of at least 4 members (excludes halogenated alkanes) is 1. The highest BCUT2D eigenvalue weighted by atomic mass is 16.6. The molecule has 0 unspecified atom stereocenters. The minimum absolute atomic E-state index is 0.0261. The number of nitrogens with one attached hydrogen (secondary N) is 2. The molecule has 3 N–H and O–H groups in total. The van der Waals surface area contributed by atoms with Gasteiger partial charge >= 0.3 is 6.09 Å². The number of likely N-dealkylation sites (tertiary alicyclic amines) is 1. The van der Waals surface area contributed by atoms with Gasteiger partial charge in [-0.3, -0.25) is 0 Å². The van der Waals surface area contributed by atoms with Crippen molar-refractivity contribution < 1.29 is 14.6 Å². The summed E-state index contributed by atoms with van der Waals surface area (Å²) in [5.74, 6) is 0.356. The first kappa shape index (κ1) is 21.9. The molecule has 1 amide bonds. The molecule has 0 aromatic heterocycles. The van der Waals surface area contributed by atoms with Crippen LogP contribution in [0.15, 0.2) is 18.2 Å². The van der Waals surface area contributed by atoms with E-state index in [2.05, 4.69) is 35.6 Å². The molecule has 0 radical (unpaired) electrons. The molecular formula is C23H37N3O3. The van der Waals surface area contributed by atoms with Crippen LogP contribution in [0.1, 0.15) is 58.1 Å². The summed E-state index contributed by atoms with van der Waals surface area (Å²) in [5, 5.41) is 16.7. The zero-order valence-corrected chi connectivity index (χ0v) is 18.5. The summed E-state index contributed by atoms with van der Waals surface area (Å²) in [6, 6.07) is 6.69. The number of benzene rings is 1. The third kappa shape index (κ3) is 5.04. The molecular weight excluding hydrogens is 366 g/mol. The van der Waals surface area contributed by atoms with Crippen LogP contribution in [0.3, 0.4) is 0 Å². The zero-order valence-electron chi connectivity index (χ0n) is 18.5. The summed E-state index contributed by atoms with van der Waals surface area (Å²) in [5.41, 5.74) is 2.22. The molecule has 0 spiro atoms. The number of fused-ring (bicyclic) bond motifs is 4. The summed E-state index contributed by atoms with van der Waals surface area (Å²) in [6.07, 6.45) is 3.64. The molecule has 3 rings (SSSR count). The van der Waals surface area contributed by atoms with E-state index < -0.39 is 5.60 Å². The number of rotatable bonds is 6. The van der Waals surface area contributed by atoms with Crippen molar-refractivity contribution in [1.82, 2.24) is 15.5 Å². The molecule has 1 aromatic carbocycles. The van der Waals surface area contributed by atoms with E-state index in [0.29, 0.717) is 24.4 Å². The SMILES string of the molecule is CN1CC[C@@]2(C)c3cc(O)ccc3C[C@@H]1[C@H]2NCCCCNC(=O)OC(C)(C)C. The average molecular weight is 404 g/mol. The van der Waals surface area contributed by atoms with Gasteiger partial charge in [0.15, 0.2) is 0 Å². The van der Waals surface area contributed by atoms with Crippen LogP contribution in [-0.4, -0.2) is 60.5 Å². The molecule has 1 saturated heterocycles. The highest BCUT2D eigenvalue weighted by molar-refractivity contribution is 5.67. The summed E-state index contributed by atoms with van der Waals surface area (Å²) in [6.45, 7) is 10.6. The van der Waals surface area contributed by atoms with Crippen molar-refractivity contribution in [2.45, 2.75) is 76.5 Å². The van der Waals surface area contributed by atoms with E-state index in [0.717, 1.165) is 38.8 Å². The number of hydrogen-bond donors (Lipinski definition) is 3. The number of piperidine rings is 1. The van der Waals surface area contributed by atoms with Crippen molar-refractivity contribution in [3.05, 3.63) is 29.3 Å². The molecule has 0 saturated carbocycles. The maximum atomic E-state index is 11.7. The molecule has 2 aliphatic rings. The predicted octanol–water partition coefficient (Wildman–Crippen LogP) is 3.17. The van der Waals surface area contributed by atoms with Crippen molar-refractivity contribution in [2.75, 3.05) is 26.7 Å². The number of alkyl carbamates (subject to hydrolysis) is 1. The Labute approximate surface area is 175 Å². The van der Waals surface area contributed by atoms with Gasteiger partial charge in [-0.2, -0.15) is 0 Å². The number of aromatic hydroxyl groups is 1. The van der Waals surface area contributed by atoms with Gasteiger partial charge in [-0.15, -0.1) is 0 Å². The molecule has 3 atom stereocenters. The Hall–Kier alpha value is -1.79. The molecule has 1 aromatic rings. The van der Waals surface area contributed by atoms with Crippen LogP contribution in [0.2, 0.25) is 0 Å². The number of likely N-dealkylation sites (N-methyl/N-ethyl adjacent to an activating group) is 1. The fourth-order valence-corrected chi connectivity index (χ4v) is 4.86. The fourth-order valence-electron chi connectivity index (χ4n) is 4.86. The van der Waals surface area contributed by atoms with E-state index in [-0.39, 0.29) is 11.5 Å². The number of carbonyl (C=O) groups excluding carboxylic acids is 1. The number of ether oxygens (including phenoxy) is 1. The van der Waals surface area contributed by atoms with E-state index in [4.69, 9.17) is 4.74 Å². The molecule has 1 aliphatic carbocycles. The quantitative estimate of drug-likeness (QED) is 0.636. The first-order valence-corrected chi connectivity index (χ1v) is 10.8. The Bertz CT molecular complexity index is 731. The van der Waals surface area contributed by atoms with Crippen molar-refractivity contribution in [3.63, 3.8) is 0 Å². The molecule has 2 bridgehead atoms. The van der Waals surface area contributed by atoms with E-state index in [1.165, 1.54) is 11.1 Å². The second kappa shape index (κ2) is 8.52. The van der Waals surface area contributed by atoms with Crippen molar-refractivity contribution in [3.8, 4) is 5.75 Å². The second-order valence-corrected chi connectivity index (χ2v) is 9.83. The van der Waals surface area contributed by atoms with Gasteiger partial charge < -0.3 is 25.4 Å². The molecule has 162 valence electrons. The Morgan fingerprint density at radius 2 is 2.03 bits per heavy atom. The van der Waals surface area contributed by atoms with Crippen molar-refractivity contribution >= 4 is 6.09 Å². The maximum absolute atomic E-state index is 11.7. The van der Waals surface area contributed by atoms with Gasteiger partial charge in [0, 0.05) is 24.0 Å². The van der Waals surface area contributed by atoms with Gasteiger partial charge in [0.2, 0.25) is 0 Å². The topological polar surface area (TPSA) is 73.8 Å². The van der Waals surface area contributed by atoms with Gasteiger partial charge in [0.1, 0.15) is 11.4 Å². The monoisotopic (exact) mass is 403 g/mol. The summed E-state index contributed by atoms with van der Waals surface area (Å²) < 4.78 is 5.27. The van der Waals surface area contributed by atoms with E-state index in [9.17, 15) is 9.90 Å². The van der Waals surface area contributed by atoms with Gasteiger partial charge in [0.05, 0.1) is 0 Å². The lowest BCUT2D eigenvalue weighted by Gasteiger charge is -2.55. The molecule has 29 heavy (non-hydrogen) atoms. The third-order valence-electron chi connectivity index (χ3n) is 6.40. The summed E-state index contributed by atoms with van der Waals surface area (Å²) in [4.78, 5) is 14.2. The highest BCUT2D eigenvalue weighted by Crippen LogP contribution is 2.45. The normalized spacial score (nSPS) is 26.7. The lowest BCUT2D eigenvalue weighted by atomic mass is 9.61. The van der Waals surface area contributed by atoms with Crippen LogP contribution in [0, 0.1) is 0 Å². The van der Waals surface area contributed by atoms with Crippen molar-refractivity contribution in [2.24, 2.45) is 0 Å². The first-order chi connectivity index (χ1) is 13.6. The zero-order chi connectivity index (χ0) is 21.2. The smallest absolute Gasteiger partial charge is 0.407 e. The standard InChI is InChI=1S/C23H37N3O3/c1-22(2,3)29-21(28)25-12-7-6-11-24-20-19-14-16-8-9-17(27)15-18(16)23(20,4)10-13-26(19)5/h8-9,15,19-20,24,27H,6-7,10-14H2,1-5H3,(H,25,28)/t19-,20-,23+/m1/s1. The molecule has 1 fully saturated rings. The largest absolute Gasteiger partial charge is 0.508 e. The minimum atomic E-state index is -0.462. The molecule has 6 heteroatoms. The predicted molar refractivity (Wildman–Crippen MR) is 115 cm³/mol. The minimum Gasteiger partial charge on any atom is -0.508 e. The molecule has 1 aliphatic heterocycles. The van der Waals surface area contributed by atoms with Crippen LogP contribution >= 0.6 is 0 Å². The third-order valence-corrected chi connectivity index (χ3v) is 6.40. The van der Waals surface area contributed by atoms with E-state index in [1.54, 1.807) is 0 Å². The number of hydrogen-bond acceptors (Lipinski definition) is 5. The Balaban J connectivity index is 1.53. The number of amides is 1. The van der Waals surface area contributed by atoms with Gasteiger partial charge in [-0.1, -0.05) is 13.0 Å². The van der Waals surface area contributed by atoms with Crippen LogP contribution in [0.5, 0.6) is 5.75 Å². The summed E-state index contributed by atoms with van der Waals surface area (Å²) in [7, 11) is 2.22. The first-order valence-electron chi connectivity index (χ1n) is 10.8. The number of nitrogens with zero attached hydrogens (tertiary/aromatic N) is 1. The second-order valence-electron chi connectivity index (χ2n) is 9.83. The Morgan fingerprint density at radius 1 is 1.31 bits per heavy atom. The van der Waals surface area contributed by atoms with Crippen LogP contribution < -0.4 is 10.6 Å². The fraction of sp³-hybridized carbons (Fsp3) is 0.696. The summed E-state index contributed by atoms with van der Waals surface area (Å²) >= 11 is 0. The maximum Gasteiger partial charge on any atom is 0.407 e. The van der Waals surface area contributed by atoms with Crippen LogP contribution in [0.4, 0.5) is 4.79 Å². The number of carbonyl (C=O) groups is 1. The molecule has 6 nitrogen and oxygen atoms in total. The Morgan fingerprint density at radius 3 is 2.76 bits per heavy atom. The lowest BCUT2D eigenvalue weighted by Crippen LogP contribution is -2.66. The lowest BCUT2D eigenvalue weighted by molar-refractivity contribution is 0.0526. The highest BCUT2D eigenvalue weighted by Gasteiger charge is 2.49. The average Bonchev–Trinajstić information content (AvgIpc) is 2.62. The molecule has 1 heterocycles. The Kier molecular flexibility index (Phi) is 6.44. The van der Waals surface area contributed by atoms with E-state index >= 15 is 0 Å². The number of phenols is 1. The van der Waals surface area contributed by atoms with Gasteiger partial charge in [-0.05, 0) is 89.9 Å².